The highest BCUT2D eigenvalue weighted by Gasteiger charge is 2.27. The van der Waals surface area contributed by atoms with Crippen molar-refractivity contribution in [1.82, 2.24) is 14.8 Å². The Morgan fingerprint density at radius 3 is 2.70 bits per heavy atom. The van der Waals surface area contributed by atoms with Gasteiger partial charge < -0.3 is 0 Å². The van der Waals surface area contributed by atoms with E-state index in [0.29, 0.717) is 26.5 Å². The molecule has 23 heavy (non-hydrogen) atoms. The average molecular weight is 351 g/mol. The average Bonchev–Trinajstić information content (AvgIpc) is 3.01. The molecule has 4 nitrogen and oxygen atoms in total. The number of fused-ring (bicyclic) bond motifs is 3. The van der Waals surface area contributed by atoms with Gasteiger partial charge in [0.05, 0.1) is 15.6 Å². The summed E-state index contributed by atoms with van der Waals surface area (Å²) in [4.78, 5) is 4.39. The van der Waals surface area contributed by atoms with Crippen LogP contribution in [0.4, 0.5) is 8.78 Å². The summed E-state index contributed by atoms with van der Waals surface area (Å²) >= 11 is 7.44. The maximum atomic E-state index is 14.2. The summed E-state index contributed by atoms with van der Waals surface area (Å²) in [7, 11) is 0. The quantitative estimate of drug-likeness (QED) is 0.667. The van der Waals surface area contributed by atoms with Gasteiger partial charge in [0.2, 0.25) is 0 Å². The highest BCUT2D eigenvalue weighted by Crippen LogP contribution is 2.36. The fourth-order valence-corrected chi connectivity index (χ4v) is 3.92. The number of aliphatic imine (C=N–C) groups is 1. The second-order valence-electron chi connectivity index (χ2n) is 5.03. The van der Waals surface area contributed by atoms with Gasteiger partial charge in [-0.15, -0.1) is 21.5 Å². The first kappa shape index (κ1) is 14.5. The lowest BCUT2D eigenvalue weighted by atomic mass is 10.0. The number of nitrogens with zero attached hydrogens (tertiary/aromatic N) is 4. The lowest BCUT2D eigenvalue weighted by molar-refractivity contribution is 0.579. The number of halogens is 3. The van der Waals surface area contributed by atoms with Gasteiger partial charge in [-0.1, -0.05) is 17.7 Å². The Morgan fingerprint density at radius 2 is 1.96 bits per heavy atom. The van der Waals surface area contributed by atoms with E-state index in [9.17, 15) is 8.78 Å². The van der Waals surface area contributed by atoms with Crippen molar-refractivity contribution < 1.29 is 8.78 Å². The fourth-order valence-electron chi connectivity index (χ4n) is 2.63. The zero-order valence-electron chi connectivity index (χ0n) is 11.8. The van der Waals surface area contributed by atoms with Gasteiger partial charge >= 0.3 is 0 Å². The SMILES string of the molecule is Cc1nnc2n1-c1sc(Cl)cc1C(c1c(F)cccc1F)=NC2. The van der Waals surface area contributed by atoms with Gasteiger partial charge in [-0.3, -0.25) is 9.56 Å². The van der Waals surface area contributed by atoms with Crippen LogP contribution in [0.2, 0.25) is 4.34 Å². The molecule has 1 aliphatic heterocycles. The molecular formula is C15H9ClF2N4S. The summed E-state index contributed by atoms with van der Waals surface area (Å²) < 4.78 is 30.8. The molecule has 1 aliphatic rings. The summed E-state index contributed by atoms with van der Waals surface area (Å²) in [6.45, 7) is 1.99. The molecule has 3 aromatic rings. The zero-order valence-corrected chi connectivity index (χ0v) is 13.4. The third kappa shape index (κ3) is 2.19. The van der Waals surface area contributed by atoms with Crippen molar-refractivity contribution in [2.24, 2.45) is 4.99 Å². The first-order chi connectivity index (χ1) is 11.1. The van der Waals surface area contributed by atoms with Crippen LogP contribution in [0.1, 0.15) is 22.8 Å². The lowest BCUT2D eigenvalue weighted by Gasteiger charge is -2.09. The summed E-state index contributed by atoms with van der Waals surface area (Å²) in [6.07, 6.45) is 0. The largest absolute Gasteiger partial charge is 0.276 e. The van der Waals surface area contributed by atoms with Crippen molar-refractivity contribution >= 4 is 28.6 Å². The van der Waals surface area contributed by atoms with Crippen LogP contribution in [0.15, 0.2) is 29.3 Å². The molecule has 1 aromatic carbocycles. The van der Waals surface area contributed by atoms with E-state index in [2.05, 4.69) is 15.2 Å². The molecule has 0 saturated heterocycles. The second-order valence-corrected chi connectivity index (χ2v) is 6.69. The second kappa shape index (κ2) is 5.21. The zero-order chi connectivity index (χ0) is 16.1. The lowest BCUT2D eigenvalue weighted by Crippen LogP contribution is -2.09. The predicted molar refractivity (Wildman–Crippen MR) is 84.7 cm³/mol. The maximum absolute atomic E-state index is 14.2. The Morgan fingerprint density at radius 1 is 1.22 bits per heavy atom. The molecule has 0 aliphatic carbocycles. The molecule has 0 N–H and O–H groups in total. The standard InChI is InChI=1S/C15H9ClF2N4S/c1-7-20-21-12-6-19-14(13-9(17)3-2-4-10(13)18)8-5-11(16)23-15(8)22(7)12/h2-5H,6H2,1H3. The minimum absolute atomic E-state index is 0.153. The predicted octanol–water partition coefficient (Wildman–Crippen LogP) is 3.92. The molecule has 0 bridgehead atoms. The molecule has 8 heteroatoms. The summed E-state index contributed by atoms with van der Waals surface area (Å²) in [6, 6.07) is 5.42. The van der Waals surface area contributed by atoms with Gasteiger partial charge in [-0.05, 0) is 25.1 Å². The van der Waals surface area contributed by atoms with Gasteiger partial charge in [0.15, 0.2) is 5.82 Å². The van der Waals surface area contributed by atoms with Crippen LogP contribution in [0.25, 0.3) is 5.00 Å². The van der Waals surface area contributed by atoms with E-state index in [1.807, 2.05) is 11.5 Å². The van der Waals surface area contributed by atoms with Crippen molar-refractivity contribution in [3.05, 3.63) is 63.0 Å². The van der Waals surface area contributed by atoms with E-state index in [-0.39, 0.29) is 17.8 Å². The molecule has 116 valence electrons. The monoisotopic (exact) mass is 350 g/mol. The van der Waals surface area contributed by atoms with E-state index in [4.69, 9.17) is 11.6 Å². The number of rotatable bonds is 1. The van der Waals surface area contributed by atoms with Crippen LogP contribution in [0, 0.1) is 18.6 Å². The molecule has 0 atom stereocenters. The first-order valence-corrected chi connectivity index (χ1v) is 7.95. The molecule has 0 spiro atoms. The molecule has 0 radical (unpaired) electrons. The molecule has 4 rings (SSSR count). The van der Waals surface area contributed by atoms with Crippen LogP contribution in [-0.4, -0.2) is 20.5 Å². The Hall–Kier alpha value is -2.12. The first-order valence-electron chi connectivity index (χ1n) is 6.76. The topological polar surface area (TPSA) is 43.1 Å². The third-order valence-electron chi connectivity index (χ3n) is 3.61. The van der Waals surface area contributed by atoms with E-state index < -0.39 is 11.6 Å². The number of hydrogen-bond donors (Lipinski definition) is 0. The van der Waals surface area contributed by atoms with E-state index in [0.717, 1.165) is 0 Å². The van der Waals surface area contributed by atoms with Crippen LogP contribution in [0.5, 0.6) is 0 Å². The Kier molecular flexibility index (Phi) is 3.28. The summed E-state index contributed by atoms with van der Waals surface area (Å²) in [5.74, 6) is -0.0444. The Labute approximate surface area is 139 Å². The molecule has 0 fully saturated rings. The highest BCUT2D eigenvalue weighted by atomic mass is 35.5. The van der Waals surface area contributed by atoms with Crippen molar-refractivity contribution in [3.63, 3.8) is 0 Å². The maximum Gasteiger partial charge on any atom is 0.160 e. The molecule has 0 saturated carbocycles. The highest BCUT2D eigenvalue weighted by molar-refractivity contribution is 7.19. The Balaban J connectivity index is 2.02. The minimum atomic E-state index is -0.661. The number of hydrogen-bond acceptors (Lipinski definition) is 4. The van der Waals surface area contributed by atoms with E-state index in [1.54, 1.807) is 6.07 Å². The number of aromatic nitrogens is 3. The Bertz CT molecular complexity index is 940. The number of aryl methyl sites for hydroxylation is 1. The van der Waals surface area contributed by atoms with Crippen molar-refractivity contribution in [2.75, 3.05) is 0 Å². The molecule has 0 unspecified atom stereocenters. The van der Waals surface area contributed by atoms with Gasteiger partial charge in [0.25, 0.3) is 0 Å². The van der Waals surface area contributed by atoms with Crippen molar-refractivity contribution in [2.45, 2.75) is 13.5 Å². The molecule has 0 amide bonds. The molecule has 2 aromatic heterocycles. The van der Waals surface area contributed by atoms with Crippen LogP contribution in [0.3, 0.4) is 0 Å². The normalized spacial score (nSPS) is 13.3. The van der Waals surface area contributed by atoms with Crippen LogP contribution >= 0.6 is 22.9 Å². The number of benzene rings is 1. The summed E-state index contributed by atoms with van der Waals surface area (Å²) in [5, 5.41) is 8.83. The smallest absolute Gasteiger partial charge is 0.160 e. The fraction of sp³-hybridized carbons (Fsp3) is 0.133. The van der Waals surface area contributed by atoms with Gasteiger partial charge in [0, 0.05) is 5.56 Å². The third-order valence-corrected chi connectivity index (χ3v) is 4.86. The van der Waals surface area contributed by atoms with Crippen molar-refractivity contribution in [1.29, 1.82) is 0 Å². The van der Waals surface area contributed by atoms with Gasteiger partial charge in [-0.25, -0.2) is 8.78 Å². The molecular weight excluding hydrogens is 342 g/mol. The minimum Gasteiger partial charge on any atom is -0.276 e. The van der Waals surface area contributed by atoms with Crippen LogP contribution in [-0.2, 0) is 6.54 Å². The van der Waals surface area contributed by atoms with E-state index in [1.165, 1.54) is 29.5 Å². The number of thiophene rings is 1. The van der Waals surface area contributed by atoms with Gasteiger partial charge in [-0.2, -0.15) is 0 Å². The van der Waals surface area contributed by atoms with Crippen LogP contribution < -0.4 is 0 Å². The van der Waals surface area contributed by atoms with E-state index >= 15 is 0 Å². The summed E-state index contributed by atoms with van der Waals surface area (Å²) in [5.41, 5.74) is 0.661. The van der Waals surface area contributed by atoms with Gasteiger partial charge in [0.1, 0.15) is 29.0 Å². The van der Waals surface area contributed by atoms with Crippen molar-refractivity contribution in [3.8, 4) is 5.00 Å². The molecule has 3 heterocycles.